The summed E-state index contributed by atoms with van der Waals surface area (Å²) in [6.45, 7) is 3.88. The van der Waals surface area contributed by atoms with Crippen LogP contribution in [0.5, 0.6) is 0 Å². The molecule has 0 unspecified atom stereocenters. The number of halogens is 1. The van der Waals surface area contributed by atoms with Crippen LogP contribution in [0.3, 0.4) is 0 Å². The van der Waals surface area contributed by atoms with E-state index in [1.54, 1.807) is 6.07 Å². The Morgan fingerprint density at radius 2 is 2.21 bits per heavy atom. The summed E-state index contributed by atoms with van der Waals surface area (Å²) in [6, 6.07) is 1.71. The van der Waals surface area contributed by atoms with E-state index in [-0.39, 0.29) is 11.5 Å². The minimum absolute atomic E-state index is 0.264. The number of aromatic nitrogens is 2. The first-order valence-corrected chi connectivity index (χ1v) is 6.37. The lowest BCUT2D eigenvalue weighted by Crippen LogP contribution is -2.17. The second kappa shape index (κ2) is 5.40. The highest BCUT2D eigenvalue weighted by atomic mass is 35.5. The van der Waals surface area contributed by atoms with E-state index in [0.717, 1.165) is 18.5 Å². The van der Waals surface area contributed by atoms with Crippen molar-refractivity contribution in [3.63, 3.8) is 0 Å². The summed E-state index contributed by atoms with van der Waals surface area (Å²) >= 11 is 6.10. The van der Waals surface area contributed by atoms with Crippen molar-refractivity contribution >= 4 is 23.1 Å². The SMILES string of the molecule is CCCc1cc(Cl)n(C2=C(CC)[N]N=C2[N+](=O)[O-])n1. The van der Waals surface area contributed by atoms with Crippen molar-refractivity contribution in [2.75, 3.05) is 0 Å². The number of aryl methyl sites for hydroxylation is 1. The van der Waals surface area contributed by atoms with Gasteiger partial charge in [0.1, 0.15) is 10.9 Å². The normalized spacial score (nSPS) is 14.6. The zero-order chi connectivity index (χ0) is 14.0. The number of hydrogen-bond acceptors (Lipinski definition) is 4. The van der Waals surface area contributed by atoms with Gasteiger partial charge in [-0.1, -0.05) is 31.9 Å². The Morgan fingerprint density at radius 3 is 2.79 bits per heavy atom. The molecule has 1 aromatic rings. The van der Waals surface area contributed by atoms with E-state index < -0.39 is 4.92 Å². The maximum absolute atomic E-state index is 11.0. The van der Waals surface area contributed by atoms with E-state index in [9.17, 15) is 10.1 Å². The molecule has 0 bridgehead atoms. The average molecular weight is 283 g/mol. The lowest BCUT2D eigenvalue weighted by Gasteiger charge is -2.03. The van der Waals surface area contributed by atoms with E-state index in [4.69, 9.17) is 11.6 Å². The van der Waals surface area contributed by atoms with Crippen molar-refractivity contribution in [1.29, 1.82) is 0 Å². The van der Waals surface area contributed by atoms with Gasteiger partial charge in [0.15, 0.2) is 5.70 Å². The molecular formula is C11H13ClN5O2. The number of rotatable bonds is 4. The molecule has 8 heteroatoms. The van der Waals surface area contributed by atoms with E-state index in [1.807, 2.05) is 13.8 Å². The van der Waals surface area contributed by atoms with Gasteiger partial charge in [0.2, 0.25) is 0 Å². The molecule has 0 aromatic carbocycles. The summed E-state index contributed by atoms with van der Waals surface area (Å²) in [5.74, 6) is -0.315. The molecule has 1 radical (unpaired) electrons. The molecule has 0 aliphatic carbocycles. The largest absolute Gasteiger partial charge is 0.418 e. The van der Waals surface area contributed by atoms with Crippen LogP contribution < -0.4 is 5.43 Å². The van der Waals surface area contributed by atoms with Crippen LogP contribution in [-0.4, -0.2) is 20.5 Å². The standard InChI is InChI=1S/C11H13ClN5O2/c1-3-5-7-6-9(12)16(15-7)10-8(4-2)13-14-11(10)17(18)19/h6H,3-5H2,1-2H3. The summed E-state index contributed by atoms with van der Waals surface area (Å²) in [7, 11) is 0. The van der Waals surface area contributed by atoms with Gasteiger partial charge < -0.3 is 10.1 Å². The van der Waals surface area contributed by atoms with Crippen molar-refractivity contribution < 1.29 is 4.92 Å². The van der Waals surface area contributed by atoms with Crippen LogP contribution in [0.2, 0.25) is 5.15 Å². The molecule has 0 saturated carbocycles. The van der Waals surface area contributed by atoms with Crippen LogP contribution in [0, 0.1) is 10.1 Å². The second-order valence-corrected chi connectivity index (χ2v) is 4.44. The van der Waals surface area contributed by atoms with Crippen molar-refractivity contribution in [3.05, 3.63) is 32.7 Å². The van der Waals surface area contributed by atoms with Gasteiger partial charge in [-0.15, -0.1) is 0 Å². The summed E-state index contributed by atoms with van der Waals surface area (Å²) < 4.78 is 1.35. The fourth-order valence-electron chi connectivity index (χ4n) is 1.85. The Kier molecular flexibility index (Phi) is 3.84. The molecule has 19 heavy (non-hydrogen) atoms. The highest BCUT2D eigenvalue weighted by Crippen LogP contribution is 2.25. The Hall–Kier alpha value is -1.89. The minimum Gasteiger partial charge on any atom is -0.358 e. The summed E-state index contributed by atoms with van der Waals surface area (Å²) in [5.41, 5.74) is 5.39. The molecule has 1 aromatic heterocycles. The van der Waals surface area contributed by atoms with Crippen molar-refractivity contribution in [1.82, 2.24) is 15.2 Å². The highest BCUT2D eigenvalue weighted by Gasteiger charge is 2.35. The van der Waals surface area contributed by atoms with E-state index >= 15 is 0 Å². The lowest BCUT2D eigenvalue weighted by molar-refractivity contribution is -0.347. The molecule has 0 atom stereocenters. The van der Waals surface area contributed by atoms with Crippen LogP contribution in [-0.2, 0) is 6.42 Å². The van der Waals surface area contributed by atoms with Crippen LogP contribution in [0.4, 0.5) is 0 Å². The Morgan fingerprint density at radius 1 is 1.47 bits per heavy atom. The third-order valence-electron chi connectivity index (χ3n) is 2.69. The second-order valence-electron chi connectivity index (χ2n) is 4.05. The molecule has 0 N–H and O–H groups in total. The van der Waals surface area contributed by atoms with Crippen LogP contribution >= 0.6 is 11.6 Å². The van der Waals surface area contributed by atoms with Gasteiger partial charge >= 0.3 is 5.84 Å². The molecule has 0 fully saturated rings. The van der Waals surface area contributed by atoms with E-state index in [2.05, 4.69) is 15.6 Å². The van der Waals surface area contributed by atoms with Crippen molar-refractivity contribution in [2.24, 2.45) is 5.10 Å². The smallest absolute Gasteiger partial charge is 0.358 e. The zero-order valence-corrected chi connectivity index (χ0v) is 11.4. The topological polar surface area (TPSA) is 87.4 Å². The quantitative estimate of drug-likeness (QED) is 0.627. The maximum atomic E-state index is 11.0. The maximum Gasteiger partial charge on any atom is 0.418 e. The lowest BCUT2D eigenvalue weighted by atomic mass is 10.2. The fourth-order valence-corrected chi connectivity index (χ4v) is 2.10. The summed E-state index contributed by atoms with van der Waals surface area (Å²) in [4.78, 5) is 10.4. The molecule has 101 valence electrons. The predicted molar refractivity (Wildman–Crippen MR) is 71.3 cm³/mol. The number of hydrogen-bond donors (Lipinski definition) is 0. The van der Waals surface area contributed by atoms with Crippen molar-refractivity contribution in [2.45, 2.75) is 33.1 Å². The van der Waals surface area contributed by atoms with Crippen LogP contribution in [0.15, 0.2) is 16.9 Å². The first-order valence-electron chi connectivity index (χ1n) is 5.99. The fraction of sp³-hybridized carbons (Fsp3) is 0.455. The summed E-state index contributed by atoms with van der Waals surface area (Å²) in [5, 5.41) is 19.2. The van der Waals surface area contributed by atoms with Gasteiger partial charge in [-0.3, -0.25) is 0 Å². The van der Waals surface area contributed by atoms with Gasteiger partial charge in [-0.25, -0.2) is 4.68 Å². The number of allylic oxidation sites excluding steroid dienone is 1. The Labute approximate surface area is 115 Å². The van der Waals surface area contributed by atoms with Crippen LogP contribution in [0.1, 0.15) is 32.4 Å². The van der Waals surface area contributed by atoms with Gasteiger partial charge in [0.05, 0.1) is 10.8 Å². The number of nitrogens with zero attached hydrogens (tertiary/aromatic N) is 5. The molecular weight excluding hydrogens is 270 g/mol. The number of nitro groups is 1. The summed E-state index contributed by atoms with van der Waals surface area (Å²) in [6.07, 6.45) is 2.21. The Balaban J connectivity index is 2.48. The molecule has 1 aliphatic heterocycles. The third-order valence-corrected chi connectivity index (χ3v) is 2.96. The van der Waals surface area contributed by atoms with Gasteiger partial charge in [0.25, 0.3) is 0 Å². The first kappa shape index (κ1) is 13.5. The molecule has 2 heterocycles. The molecule has 0 amide bonds. The van der Waals surface area contributed by atoms with E-state index in [1.165, 1.54) is 4.68 Å². The molecule has 0 saturated heterocycles. The minimum atomic E-state index is -0.570. The predicted octanol–water partition coefficient (Wildman–Crippen LogP) is 2.28. The molecule has 0 spiro atoms. The molecule has 7 nitrogen and oxygen atoms in total. The van der Waals surface area contributed by atoms with Crippen molar-refractivity contribution in [3.8, 4) is 0 Å². The van der Waals surface area contributed by atoms with Gasteiger partial charge in [0, 0.05) is 0 Å². The third kappa shape index (κ3) is 2.46. The molecule has 2 rings (SSSR count). The first-order chi connectivity index (χ1) is 9.08. The molecule has 1 aliphatic rings. The zero-order valence-electron chi connectivity index (χ0n) is 10.6. The van der Waals surface area contributed by atoms with E-state index in [0.29, 0.717) is 17.3 Å². The Bertz CT molecular complexity index is 576. The van der Waals surface area contributed by atoms with Gasteiger partial charge in [-0.05, 0) is 29.3 Å². The van der Waals surface area contributed by atoms with Gasteiger partial charge in [-0.2, -0.15) is 5.10 Å². The highest BCUT2D eigenvalue weighted by molar-refractivity contribution is 6.31. The monoisotopic (exact) mass is 282 g/mol. The average Bonchev–Trinajstić information content (AvgIpc) is 2.92. The van der Waals surface area contributed by atoms with Crippen LogP contribution in [0.25, 0.3) is 5.70 Å². The number of amidine groups is 1.